The van der Waals surface area contributed by atoms with E-state index in [1.807, 2.05) is 0 Å². The topological polar surface area (TPSA) is 49.8 Å². The third kappa shape index (κ3) is 5.29. The van der Waals surface area contributed by atoms with Gasteiger partial charge in [-0.25, -0.2) is 4.39 Å². The molecule has 0 amide bonds. The molecule has 184 valence electrons. The van der Waals surface area contributed by atoms with Crippen molar-refractivity contribution in [3.63, 3.8) is 0 Å². The van der Waals surface area contributed by atoms with E-state index in [9.17, 15) is 9.18 Å². The highest BCUT2D eigenvalue weighted by atomic mass is 32.1. The van der Waals surface area contributed by atoms with Gasteiger partial charge in [0.2, 0.25) is 0 Å². The molecule has 0 unspecified atom stereocenters. The van der Waals surface area contributed by atoms with E-state index in [1.165, 1.54) is 42.2 Å². The summed E-state index contributed by atoms with van der Waals surface area (Å²) in [6.45, 7) is 5.79. The van der Waals surface area contributed by atoms with E-state index in [0.717, 1.165) is 24.5 Å². The van der Waals surface area contributed by atoms with Crippen molar-refractivity contribution >= 4 is 17.3 Å². The Labute approximate surface area is 210 Å². The van der Waals surface area contributed by atoms with Gasteiger partial charge in [-0.1, -0.05) is 30.3 Å². The lowest BCUT2D eigenvalue weighted by Gasteiger charge is -2.40. The average Bonchev–Trinajstić information content (AvgIpc) is 3.39. The number of hydrogen-bond acceptors (Lipinski definition) is 4. The molecule has 35 heavy (non-hydrogen) atoms. The summed E-state index contributed by atoms with van der Waals surface area (Å²) in [6, 6.07) is 15.9. The molecule has 5 rings (SSSR count). The predicted octanol–water partition coefficient (Wildman–Crippen LogP) is 6.27. The van der Waals surface area contributed by atoms with Crippen LogP contribution < -0.4 is 4.74 Å². The molecule has 2 aliphatic rings. The number of rotatable bonds is 8. The second-order valence-electron chi connectivity index (χ2n) is 9.97. The Kier molecular flexibility index (Phi) is 6.94. The molecule has 1 N–H and O–H groups in total. The van der Waals surface area contributed by atoms with Gasteiger partial charge in [0, 0.05) is 28.8 Å². The van der Waals surface area contributed by atoms with Crippen molar-refractivity contribution in [2.75, 3.05) is 13.1 Å². The summed E-state index contributed by atoms with van der Waals surface area (Å²) < 4.78 is 20.1. The van der Waals surface area contributed by atoms with Gasteiger partial charge < -0.3 is 9.84 Å². The van der Waals surface area contributed by atoms with Gasteiger partial charge in [0.15, 0.2) is 0 Å². The van der Waals surface area contributed by atoms with Crippen molar-refractivity contribution in [2.24, 2.45) is 0 Å². The molecule has 1 aromatic heterocycles. The number of piperidine rings is 1. The number of carboxylic acid groups (broad SMARTS) is 1. The Hall–Kier alpha value is -2.70. The lowest BCUT2D eigenvalue weighted by molar-refractivity contribution is -0.136. The number of aliphatic carboxylic acids is 1. The zero-order valence-corrected chi connectivity index (χ0v) is 21.0. The number of likely N-dealkylation sites (tertiary alicyclic amines) is 1. The molecule has 1 aliphatic heterocycles. The van der Waals surface area contributed by atoms with Crippen LogP contribution in [-0.4, -0.2) is 29.1 Å². The van der Waals surface area contributed by atoms with E-state index in [4.69, 9.17) is 9.84 Å². The van der Waals surface area contributed by atoms with Gasteiger partial charge in [-0.3, -0.25) is 9.69 Å². The Morgan fingerprint density at radius 1 is 1.14 bits per heavy atom. The zero-order valence-electron chi connectivity index (χ0n) is 20.2. The number of halogens is 1. The summed E-state index contributed by atoms with van der Waals surface area (Å²) in [6.07, 6.45) is 5.08. The van der Waals surface area contributed by atoms with Crippen LogP contribution in [0, 0.1) is 12.7 Å². The van der Waals surface area contributed by atoms with Gasteiger partial charge >= 0.3 is 5.97 Å². The van der Waals surface area contributed by atoms with Gasteiger partial charge in [-0.05, 0) is 91.9 Å². The SMILES string of the molecule is Cc1cc(COc2ccc(CCC(=O)O)c(F)c2)sc1CN1CCC2(CCc3ccccc32)CC1. The highest BCUT2D eigenvalue weighted by molar-refractivity contribution is 7.12. The number of fused-ring (bicyclic) bond motifs is 2. The maximum Gasteiger partial charge on any atom is 0.303 e. The van der Waals surface area contributed by atoms with Gasteiger partial charge in [-0.15, -0.1) is 11.3 Å². The van der Waals surface area contributed by atoms with E-state index in [2.05, 4.69) is 42.2 Å². The molecule has 2 heterocycles. The van der Waals surface area contributed by atoms with Crippen LogP contribution in [0.5, 0.6) is 5.75 Å². The Morgan fingerprint density at radius 2 is 1.94 bits per heavy atom. The van der Waals surface area contributed by atoms with Crippen LogP contribution in [0.25, 0.3) is 0 Å². The first-order valence-corrected chi connectivity index (χ1v) is 13.3. The van der Waals surface area contributed by atoms with Crippen molar-refractivity contribution < 1.29 is 19.0 Å². The van der Waals surface area contributed by atoms with Gasteiger partial charge in [0.05, 0.1) is 0 Å². The minimum Gasteiger partial charge on any atom is -0.488 e. The molecule has 1 saturated heterocycles. The molecular formula is C29H32FNO3S. The fraction of sp³-hybridized carbons (Fsp3) is 0.414. The maximum absolute atomic E-state index is 14.3. The van der Waals surface area contributed by atoms with Gasteiger partial charge in [0.25, 0.3) is 0 Å². The second-order valence-corrected chi connectivity index (χ2v) is 11.2. The van der Waals surface area contributed by atoms with Crippen LogP contribution in [0.2, 0.25) is 0 Å². The quantitative estimate of drug-likeness (QED) is 0.402. The molecule has 6 heteroatoms. The van der Waals surface area contributed by atoms with Crippen molar-refractivity contribution in [1.29, 1.82) is 0 Å². The maximum atomic E-state index is 14.3. The van der Waals surface area contributed by atoms with E-state index in [1.54, 1.807) is 34.6 Å². The van der Waals surface area contributed by atoms with E-state index in [0.29, 0.717) is 23.3 Å². The molecule has 1 aliphatic carbocycles. The standard InChI is InChI=1S/C29H32FNO3S/c1-20-16-24(19-34-23-8-6-22(26(30)17-23)7-9-28(32)33)35-27(20)18-31-14-12-29(13-15-31)11-10-21-4-2-3-5-25(21)29/h2-6,8,16-17H,7,9-15,18-19H2,1H3,(H,32,33). The normalized spacial score (nSPS) is 17.0. The lowest BCUT2D eigenvalue weighted by atomic mass is 9.74. The number of carbonyl (C=O) groups is 1. The van der Waals surface area contributed by atoms with Gasteiger partial charge in [0.1, 0.15) is 18.2 Å². The van der Waals surface area contributed by atoms with Crippen LogP contribution in [-0.2, 0) is 36.2 Å². The molecule has 1 spiro atoms. The Bertz CT molecular complexity index is 1210. The highest BCUT2D eigenvalue weighted by Gasteiger charge is 2.40. The second kappa shape index (κ2) is 10.1. The average molecular weight is 494 g/mol. The number of nitrogens with zero attached hydrogens (tertiary/aromatic N) is 1. The third-order valence-corrected chi connectivity index (χ3v) is 8.92. The Morgan fingerprint density at radius 3 is 2.71 bits per heavy atom. The molecule has 0 atom stereocenters. The Balaban J connectivity index is 1.15. The summed E-state index contributed by atoms with van der Waals surface area (Å²) in [7, 11) is 0. The first-order valence-electron chi connectivity index (χ1n) is 12.4. The largest absolute Gasteiger partial charge is 0.488 e. The van der Waals surface area contributed by atoms with E-state index in [-0.39, 0.29) is 12.8 Å². The first kappa shape index (κ1) is 24.0. The minimum absolute atomic E-state index is 0.0837. The van der Waals surface area contributed by atoms with Crippen molar-refractivity contribution in [1.82, 2.24) is 4.90 Å². The van der Waals surface area contributed by atoms with Crippen LogP contribution in [0.4, 0.5) is 4.39 Å². The van der Waals surface area contributed by atoms with Gasteiger partial charge in [-0.2, -0.15) is 0 Å². The predicted molar refractivity (Wildman–Crippen MR) is 137 cm³/mol. The zero-order chi connectivity index (χ0) is 24.4. The van der Waals surface area contributed by atoms with Crippen LogP contribution in [0.15, 0.2) is 48.5 Å². The van der Waals surface area contributed by atoms with Crippen molar-refractivity contribution in [3.8, 4) is 5.75 Å². The summed E-state index contributed by atoms with van der Waals surface area (Å²) >= 11 is 1.78. The number of aryl methyl sites for hydroxylation is 3. The van der Waals surface area contributed by atoms with Crippen LogP contribution in [0.3, 0.4) is 0 Å². The molecule has 2 aromatic carbocycles. The molecule has 0 saturated carbocycles. The van der Waals surface area contributed by atoms with Crippen molar-refractivity contribution in [2.45, 2.75) is 64.0 Å². The summed E-state index contributed by atoms with van der Waals surface area (Å²) in [4.78, 5) is 15.8. The van der Waals surface area contributed by atoms with E-state index < -0.39 is 11.8 Å². The summed E-state index contributed by atoms with van der Waals surface area (Å²) in [5, 5.41) is 8.79. The third-order valence-electron chi connectivity index (χ3n) is 7.73. The van der Waals surface area contributed by atoms with Crippen LogP contribution >= 0.6 is 11.3 Å². The minimum atomic E-state index is -0.929. The molecule has 3 aromatic rings. The molecule has 4 nitrogen and oxygen atoms in total. The van der Waals surface area contributed by atoms with E-state index >= 15 is 0 Å². The monoisotopic (exact) mass is 493 g/mol. The first-order chi connectivity index (χ1) is 16.9. The van der Waals surface area contributed by atoms with Crippen molar-refractivity contribution in [3.05, 3.63) is 86.4 Å². The number of hydrogen-bond donors (Lipinski definition) is 1. The summed E-state index contributed by atoms with van der Waals surface area (Å²) in [5.74, 6) is -0.881. The molecular weight excluding hydrogens is 461 g/mol. The number of carboxylic acids is 1. The summed E-state index contributed by atoms with van der Waals surface area (Å²) in [5.41, 5.74) is 5.22. The molecule has 1 fully saturated rings. The smallest absolute Gasteiger partial charge is 0.303 e. The highest BCUT2D eigenvalue weighted by Crippen LogP contribution is 2.46. The molecule has 0 bridgehead atoms. The fourth-order valence-corrected chi connectivity index (χ4v) is 6.80. The lowest BCUT2D eigenvalue weighted by Crippen LogP contribution is -2.41. The van der Waals surface area contributed by atoms with Crippen LogP contribution in [0.1, 0.15) is 57.7 Å². The number of thiophene rings is 1. The fourth-order valence-electron chi connectivity index (χ4n) is 5.66. The number of benzene rings is 2. The number of ether oxygens (including phenoxy) is 1. The molecule has 0 radical (unpaired) electrons.